The number of benzene rings is 2. The molecule has 0 fully saturated rings. The molecule has 1 atom stereocenters. The smallest absolute Gasteiger partial charge is 0.264 e. The maximum absolute atomic E-state index is 14.3. The molecule has 0 unspecified atom stereocenters. The van der Waals surface area contributed by atoms with E-state index < -0.39 is 33.6 Å². The van der Waals surface area contributed by atoms with Gasteiger partial charge in [0, 0.05) is 17.8 Å². The molecule has 1 aromatic heterocycles. The van der Waals surface area contributed by atoms with Gasteiger partial charge in [-0.2, -0.15) is 4.39 Å². The Kier molecular flexibility index (Phi) is 3.74. The summed E-state index contributed by atoms with van der Waals surface area (Å²) in [4.78, 5) is -0.150. The highest BCUT2D eigenvalue weighted by Gasteiger charge is 2.39. The Hall–Kier alpha value is -2.94. The number of aromatic nitrogens is 1. The average molecular weight is 394 g/mol. The molecule has 0 saturated heterocycles. The third-order valence-corrected chi connectivity index (χ3v) is 6.43. The van der Waals surface area contributed by atoms with Crippen molar-refractivity contribution in [3.05, 3.63) is 71.8 Å². The van der Waals surface area contributed by atoms with E-state index in [4.69, 9.17) is 0 Å². The molecule has 0 aliphatic carbocycles. The van der Waals surface area contributed by atoms with Gasteiger partial charge in [-0.15, -0.1) is 0 Å². The molecule has 140 valence electrons. The first-order valence-corrected chi connectivity index (χ1v) is 9.36. The minimum atomic E-state index is -4.21. The Labute approximate surface area is 153 Å². The van der Waals surface area contributed by atoms with Crippen molar-refractivity contribution in [2.24, 2.45) is 0 Å². The van der Waals surface area contributed by atoms with Crippen molar-refractivity contribution in [3.63, 3.8) is 0 Å². The average Bonchev–Trinajstić information content (AvgIpc) is 3.00. The van der Waals surface area contributed by atoms with Crippen LogP contribution in [-0.2, 0) is 10.0 Å². The van der Waals surface area contributed by atoms with Gasteiger partial charge in [0.1, 0.15) is 5.75 Å². The molecule has 9 heteroatoms. The fraction of sp³-hybridized carbons (Fsp3) is 0.111. The van der Waals surface area contributed by atoms with E-state index in [0.717, 1.165) is 27.1 Å². The minimum Gasteiger partial charge on any atom is -0.508 e. The number of anilines is 1. The lowest BCUT2D eigenvalue weighted by molar-refractivity contribution is 0.474. The zero-order valence-electron chi connectivity index (χ0n) is 13.9. The SMILES string of the molecule is C[C@H]1c2ccc(F)n2-c2cc(F)c(F)cc2N1S(=O)(=O)c1ccc(O)cc1. The topological polar surface area (TPSA) is 62.5 Å². The molecule has 1 aliphatic heterocycles. The van der Waals surface area contributed by atoms with Crippen molar-refractivity contribution in [1.29, 1.82) is 0 Å². The number of halogens is 3. The molecule has 1 aliphatic rings. The maximum Gasteiger partial charge on any atom is 0.264 e. The molecular formula is C18H13F3N2O3S. The molecule has 0 bridgehead atoms. The summed E-state index contributed by atoms with van der Waals surface area (Å²) in [5, 5.41) is 9.40. The Balaban J connectivity index is 2.00. The van der Waals surface area contributed by atoms with E-state index in [1.807, 2.05) is 0 Å². The summed E-state index contributed by atoms with van der Waals surface area (Å²) in [6.45, 7) is 1.52. The third-order valence-electron chi connectivity index (χ3n) is 4.53. The van der Waals surface area contributed by atoms with E-state index in [1.54, 1.807) is 0 Å². The van der Waals surface area contributed by atoms with E-state index >= 15 is 0 Å². The van der Waals surface area contributed by atoms with Crippen LogP contribution >= 0.6 is 0 Å². The van der Waals surface area contributed by atoms with Crippen LogP contribution in [0.5, 0.6) is 5.75 Å². The van der Waals surface area contributed by atoms with Gasteiger partial charge in [-0.3, -0.25) is 8.87 Å². The molecule has 3 aromatic rings. The van der Waals surface area contributed by atoms with E-state index in [2.05, 4.69) is 0 Å². The Morgan fingerprint density at radius 3 is 2.15 bits per heavy atom. The normalized spacial score (nSPS) is 16.1. The molecule has 2 heterocycles. The fourth-order valence-electron chi connectivity index (χ4n) is 3.29. The second-order valence-electron chi connectivity index (χ2n) is 6.14. The van der Waals surface area contributed by atoms with Crippen LogP contribution in [0.15, 0.2) is 53.4 Å². The summed E-state index contributed by atoms with van der Waals surface area (Å²) < 4.78 is 70.4. The van der Waals surface area contributed by atoms with Gasteiger partial charge in [0.2, 0.25) is 0 Å². The lowest BCUT2D eigenvalue weighted by atomic mass is 10.1. The van der Waals surface area contributed by atoms with Gasteiger partial charge in [0.15, 0.2) is 17.6 Å². The molecule has 0 amide bonds. The van der Waals surface area contributed by atoms with Crippen molar-refractivity contribution in [2.45, 2.75) is 17.9 Å². The summed E-state index contributed by atoms with van der Waals surface area (Å²) in [7, 11) is -4.21. The highest BCUT2D eigenvalue weighted by molar-refractivity contribution is 7.92. The van der Waals surface area contributed by atoms with Gasteiger partial charge in [0.25, 0.3) is 10.0 Å². The first kappa shape index (κ1) is 17.5. The molecule has 0 spiro atoms. The van der Waals surface area contributed by atoms with Gasteiger partial charge in [0.05, 0.1) is 22.3 Å². The highest BCUT2D eigenvalue weighted by Crippen LogP contribution is 2.43. The quantitative estimate of drug-likeness (QED) is 0.718. The molecule has 2 aromatic carbocycles. The van der Waals surface area contributed by atoms with Crippen molar-refractivity contribution >= 4 is 15.7 Å². The number of fused-ring (bicyclic) bond motifs is 3. The molecule has 0 saturated carbocycles. The largest absolute Gasteiger partial charge is 0.508 e. The number of phenols is 1. The Morgan fingerprint density at radius 2 is 1.52 bits per heavy atom. The van der Waals surface area contributed by atoms with Crippen LogP contribution in [0.4, 0.5) is 18.9 Å². The van der Waals surface area contributed by atoms with Crippen molar-refractivity contribution < 1.29 is 26.7 Å². The number of hydrogen-bond donors (Lipinski definition) is 1. The zero-order chi connectivity index (χ0) is 19.5. The first-order chi connectivity index (χ1) is 12.7. The van der Waals surface area contributed by atoms with E-state index in [9.17, 15) is 26.7 Å². The summed E-state index contributed by atoms with van der Waals surface area (Å²) in [5.74, 6) is -3.30. The van der Waals surface area contributed by atoms with Crippen LogP contribution in [0.2, 0.25) is 0 Å². The number of aromatic hydroxyl groups is 1. The van der Waals surface area contributed by atoms with E-state index in [-0.39, 0.29) is 27.7 Å². The molecule has 0 radical (unpaired) electrons. The predicted molar refractivity (Wildman–Crippen MR) is 91.8 cm³/mol. The lowest BCUT2D eigenvalue weighted by Crippen LogP contribution is -2.38. The van der Waals surface area contributed by atoms with Crippen molar-refractivity contribution in [3.8, 4) is 11.4 Å². The maximum atomic E-state index is 14.3. The number of rotatable bonds is 2. The Bertz CT molecular complexity index is 1160. The molecule has 1 N–H and O–H groups in total. The van der Waals surface area contributed by atoms with Crippen LogP contribution in [0.25, 0.3) is 5.69 Å². The molecular weight excluding hydrogens is 381 g/mol. The monoisotopic (exact) mass is 394 g/mol. The molecule has 4 rings (SSSR count). The van der Waals surface area contributed by atoms with E-state index in [1.165, 1.54) is 37.3 Å². The Morgan fingerprint density at radius 1 is 0.926 bits per heavy atom. The van der Waals surface area contributed by atoms with Gasteiger partial charge in [-0.25, -0.2) is 17.2 Å². The van der Waals surface area contributed by atoms with Gasteiger partial charge < -0.3 is 5.11 Å². The van der Waals surface area contributed by atoms with Crippen LogP contribution in [0, 0.1) is 17.6 Å². The van der Waals surface area contributed by atoms with Crippen LogP contribution in [0.1, 0.15) is 18.7 Å². The second-order valence-corrected chi connectivity index (χ2v) is 7.96. The number of phenolic OH excluding ortho intramolecular Hbond substituents is 1. The summed E-state index contributed by atoms with van der Waals surface area (Å²) in [5.41, 5.74) is -0.0303. The van der Waals surface area contributed by atoms with Gasteiger partial charge >= 0.3 is 0 Å². The van der Waals surface area contributed by atoms with Crippen LogP contribution in [0.3, 0.4) is 0 Å². The number of sulfonamides is 1. The molecule has 27 heavy (non-hydrogen) atoms. The predicted octanol–water partition coefficient (Wildman–Crippen LogP) is 3.87. The van der Waals surface area contributed by atoms with Crippen LogP contribution < -0.4 is 4.31 Å². The minimum absolute atomic E-state index is 0.119. The van der Waals surface area contributed by atoms with Crippen LogP contribution in [-0.4, -0.2) is 18.1 Å². The zero-order valence-corrected chi connectivity index (χ0v) is 14.7. The third kappa shape index (κ3) is 2.49. The molecule has 5 nitrogen and oxygen atoms in total. The second kappa shape index (κ2) is 5.78. The van der Waals surface area contributed by atoms with Gasteiger partial charge in [-0.05, 0) is 43.3 Å². The summed E-state index contributed by atoms with van der Waals surface area (Å²) in [6.07, 6.45) is 0. The fourth-order valence-corrected chi connectivity index (χ4v) is 4.92. The summed E-state index contributed by atoms with van der Waals surface area (Å²) in [6, 6.07) is 7.95. The van der Waals surface area contributed by atoms with Crippen molar-refractivity contribution in [1.82, 2.24) is 4.57 Å². The lowest BCUT2D eigenvalue weighted by Gasteiger charge is -2.37. The summed E-state index contributed by atoms with van der Waals surface area (Å²) >= 11 is 0. The van der Waals surface area contributed by atoms with Gasteiger partial charge in [-0.1, -0.05) is 0 Å². The standard InChI is InChI=1S/C18H13F3N2O3S/c1-10-15-6-7-18(21)22(15)16-8-13(19)14(20)9-17(16)23(10)27(25,26)12-4-2-11(24)3-5-12/h2-10,24H,1H3/t10-/m0/s1. The number of nitrogens with zero attached hydrogens (tertiary/aromatic N) is 2. The van der Waals surface area contributed by atoms with Crippen molar-refractivity contribution in [2.75, 3.05) is 4.31 Å². The van der Waals surface area contributed by atoms with E-state index in [0.29, 0.717) is 0 Å². The highest BCUT2D eigenvalue weighted by atomic mass is 32.2. The number of hydrogen-bond acceptors (Lipinski definition) is 3. The first-order valence-electron chi connectivity index (χ1n) is 7.92.